The highest BCUT2D eigenvalue weighted by atomic mass is 16.7. The molecule has 0 atom stereocenters. The third-order valence-corrected chi connectivity index (χ3v) is 5.24. The van der Waals surface area contributed by atoms with Gasteiger partial charge in [0.2, 0.25) is 18.6 Å². The molecule has 4 rings (SSSR count). The van der Waals surface area contributed by atoms with E-state index in [1.54, 1.807) is 22.1 Å². The Balaban J connectivity index is 1.50. The van der Waals surface area contributed by atoms with E-state index in [1.165, 1.54) is 0 Å². The summed E-state index contributed by atoms with van der Waals surface area (Å²) in [5, 5.41) is 0. The Hall–Kier alpha value is -2.96. The van der Waals surface area contributed by atoms with E-state index in [1.807, 2.05) is 24.3 Å². The molecule has 1 aliphatic carbocycles. The Kier molecular flexibility index (Phi) is 5.97. The number of furan rings is 1. The zero-order chi connectivity index (χ0) is 21.1. The highest BCUT2D eigenvalue weighted by molar-refractivity contribution is 5.87. The highest BCUT2D eigenvalue weighted by Gasteiger charge is 2.35. The van der Waals surface area contributed by atoms with E-state index in [9.17, 15) is 9.59 Å². The fourth-order valence-electron chi connectivity index (χ4n) is 3.61. The molecule has 0 N–H and O–H groups in total. The van der Waals surface area contributed by atoms with Gasteiger partial charge in [-0.05, 0) is 48.6 Å². The van der Waals surface area contributed by atoms with Crippen molar-refractivity contribution in [3.05, 3.63) is 47.9 Å². The number of rotatable bonds is 9. The van der Waals surface area contributed by atoms with Gasteiger partial charge in [-0.1, -0.05) is 19.9 Å². The van der Waals surface area contributed by atoms with Crippen LogP contribution in [0.25, 0.3) is 0 Å². The van der Waals surface area contributed by atoms with Crippen molar-refractivity contribution in [2.45, 2.75) is 39.8 Å². The smallest absolute Gasteiger partial charge is 0.242 e. The first-order valence-corrected chi connectivity index (χ1v) is 10.5. The number of hydrogen-bond donors (Lipinski definition) is 0. The van der Waals surface area contributed by atoms with E-state index in [2.05, 4.69) is 13.8 Å². The highest BCUT2D eigenvalue weighted by Crippen LogP contribution is 2.33. The van der Waals surface area contributed by atoms with Crippen molar-refractivity contribution in [3.63, 3.8) is 0 Å². The molecule has 7 nitrogen and oxygen atoms in total. The number of nitrogens with zero attached hydrogens (tertiary/aromatic N) is 2. The van der Waals surface area contributed by atoms with E-state index >= 15 is 0 Å². The van der Waals surface area contributed by atoms with Crippen molar-refractivity contribution in [1.29, 1.82) is 0 Å². The normalized spacial score (nSPS) is 14.8. The summed E-state index contributed by atoms with van der Waals surface area (Å²) in [6.07, 6.45) is 3.45. The van der Waals surface area contributed by atoms with Gasteiger partial charge in [-0.2, -0.15) is 0 Å². The fourth-order valence-corrected chi connectivity index (χ4v) is 3.61. The standard InChI is InChI=1S/C23H28N2O5/c1-16(2)11-25(23(27)18-6-7-18)14-22(26)24(13-19-4-3-9-28-19)12-17-5-8-20-21(10-17)30-15-29-20/h3-5,8-10,16,18H,6-7,11-15H2,1-2H3. The van der Waals surface area contributed by atoms with E-state index in [-0.39, 0.29) is 31.1 Å². The molecule has 0 radical (unpaired) electrons. The molecule has 7 heteroatoms. The number of carbonyl (C=O) groups is 2. The van der Waals surface area contributed by atoms with Crippen LogP contribution in [0, 0.1) is 11.8 Å². The van der Waals surface area contributed by atoms with Crippen molar-refractivity contribution in [2.75, 3.05) is 19.9 Å². The molecule has 0 unspecified atom stereocenters. The third-order valence-electron chi connectivity index (χ3n) is 5.24. The van der Waals surface area contributed by atoms with E-state index in [0.29, 0.717) is 42.8 Å². The lowest BCUT2D eigenvalue weighted by molar-refractivity contribution is -0.142. The van der Waals surface area contributed by atoms with Gasteiger partial charge in [0.1, 0.15) is 5.76 Å². The van der Waals surface area contributed by atoms with Gasteiger partial charge in [-0.3, -0.25) is 9.59 Å². The summed E-state index contributed by atoms with van der Waals surface area (Å²) < 4.78 is 16.3. The zero-order valence-electron chi connectivity index (χ0n) is 17.5. The van der Waals surface area contributed by atoms with Crippen LogP contribution < -0.4 is 9.47 Å². The van der Waals surface area contributed by atoms with E-state index < -0.39 is 0 Å². The molecule has 30 heavy (non-hydrogen) atoms. The molecule has 160 valence electrons. The first-order valence-electron chi connectivity index (χ1n) is 10.5. The SMILES string of the molecule is CC(C)CN(CC(=O)N(Cc1ccc2c(c1)OCO2)Cc1ccco1)C(=O)C1CC1. The number of amides is 2. The number of ether oxygens (including phenoxy) is 2. The van der Waals surface area contributed by atoms with Crippen LogP contribution in [0.4, 0.5) is 0 Å². The van der Waals surface area contributed by atoms with Gasteiger partial charge in [-0.15, -0.1) is 0 Å². The molecule has 1 aromatic carbocycles. The minimum atomic E-state index is -0.0984. The number of hydrogen-bond acceptors (Lipinski definition) is 5. The average molecular weight is 412 g/mol. The minimum Gasteiger partial charge on any atom is -0.467 e. The van der Waals surface area contributed by atoms with Crippen LogP contribution in [-0.2, 0) is 22.7 Å². The minimum absolute atomic E-state index is 0.0821. The summed E-state index contributed by atoms with van der Waals surface area (Å²) in [6.45, 7) is 5.73. The van der Waals surface area contributed by atoms with Crippen molar-refractivity contribution in [3.8, 4) is 11.5 Å². The molecule has 1 aliphatic heterocycles. The molecule has 1 aromatic heterocycles. The van der Waals surface area contributed by atoms with Crippen LogP contribution in [0.2, 0.25) is 0 Å². The first-order chi connectivity index (χ1) is 14.5. The van der Waals surface area contributed by atoms with Crippen LogP contribution in [0.5, 0.6) is 11.5 Å². The second-order valence-corrected chi connectivity index (χ2v) is 8.40. The van der Waals surface area contributed by atoms with Crippen LogP contribution in [0.3, 0.4) is 0 Å². The Labute approximate surface area is 176 Å². The molecule has 2 heterocycles. The first kappa shape index (κ1) is 20.3. The molecule has 0 bridgehead atoms. The summed E-state index contributed by atoms with van der Waals surface area (Å²) in [4.78, 5) is 29.4. The maximum atomic E-state index is 13.3. The van der Waals surface area contributed by atoms with Crippen molar-refractivity contribution in [1.82, 2.24) is 9.80 Å². The summed E-state index contributed by atoms with van der Waals surface area (Å²) in [6, 6.07) is 9.33. The summed E-state index contributed by atoms with van der Waals surface area (Å²) in [5.41, 5.74) is 0.933. The van der Waals surface area contributed by atoms with Crippen LogP contribution in [0.15, 0.2) is 41.0 Å². The Morgan fingerprint density at radius 2 is 1.87 bits per heavy atom. The molecule has 0 spiro atoms. The maximum Gasteiger partial charge on any atom is 0.242 e. The van der Waals surface area contributed by atoms with Gasteiger partial charge >= 0.3 is 0 Å². The molecule has 1 saturated carbocycles. The molecule has 2 aromatic rings. The van der Waals surface area contributed by atoms with Gasteiger partial charge in [0.25, 0.3) is 0 Å². The zero-order valence-corrected chi connectivity index (χ0v) is 17.5. The van der Waals surface area contributed by atoms with Crippen molar-refractivity contribution >= 4 is 11.8 Å². The Bertz CT molecular complexity index is 889. The lowest BCUT2D eigenvalue weighted by Crippen LogP contribution is -2.44. The van der Waals surface area contributed by atoms with Crippen LogP contribution in [0.1, 0.15) is 38.0 Å². The number of fused-ring (bicyclic) bond motifs is 1. The van der Waals surface area contributed by atoms with Crippen molar-refractivity contribution in [2.24, 2.45) is 11.8 Å². The number of benzene rings is 1. The average Bonchev–Trinajstić information content (AvgIpc) is 3.23. The van der Waals surface area contributed by atoms with E-state index in [4.69, 9.17) is 13.9 Å². The van der Waals surface area contributed by atoms with Gasteiger partial charge in [0, 0.05) is 19.0 Å². The Morgan fingerprint density at radius 3 is 2.57 bits per heavy atom. The third kappa shape index (κ3) is 4.96. The quantitative estimate of drug-likeness (QED) is 0.631. The summed E-state index contributed by atoms with van der Waals surface area (Å²) in [7, 11) is 0. The van der Waals surface area contributed by atoms with E-state index in [0.717, 1.165) is 18.4 Å². The van der Waals surface area contributed by atoms with Gasteiger partial charge in [-0.25, -0.2) is 0 Å². The fraction of sp³-hybridized carbons (Fsp3) is 0.478. The molecule has 1 fully saturated rings. The van der Waals surface area contributed by atoms with Gasteiger partial charge < -0.3 is 23.7 Å². The molecule has 0 saturated heterocycles. The molecule has 2 amide bonds. The molecule has 2 aliphatic rings. The predicted octanol–water partition coefficient (Wildman–Crippen LogP) is 3.43. The lowest BCUT2D eigenvalue weighted by Gasteiger charge is -2.28. The topological polar surface area (TPSA) is 72.2 Å². The second-order valence-electron chi connectivity index (χ2n) is 8.40. The predicted molar refractivity (Wildman–Crippen MR) is 110 cm³/mol. The summed E-state index contributed by atoms with van der Waals surface area (Å²) >= 11 is 0. The Morgan fingerprint density at radius 1 is 1.07 bits per heavy atom. The maximum absolute atomic E-state index is 13.3. The molecular weight excluding hydrogens is 384 g/mol. The molecular formula is C23H28N2O5. The number of carbonyl (C=O) groups excluding carboxylic acids is 2. The lowest BCUT2D eigenvalue weighted by atomic mass is 10.1. The van der Waals surface area contributed by atoms with Crippen LogP contribution in [-0.4, -0.2) is 41.5 Å². The van der Waals surface area contributed by atoms with Crippen LogP contribution >= 0.6 is 0 Å². The van der Waals surface area contributed by atoms with Gasteiger partial charge in [0.15, 0.2) is 11.5 Å². The summed E-state index contributed by atoms with van der Waals surface area (Å²) in [5.74, 6) is 2.48. The van der Waals surface area contributed by atoms with Crippen molar-refractivity contribution < 1.29 is 23.5 Å². The monoisotopic (exact) mass is 412 g/mol. The largest absolute Gasteiger partial charge is 0.467 e. The second kappa shape index (κ2) is 8.81. The van der Waals surface area contributed by atoms with Gasteiger partial charge in [0.05, 0.1) is 19.4 Å².